The van der Waals surface area contributed by atoms with Crippen LogP contribution in [-0.2, 0) is 10.8 Å². The molecule has 0 unspecified atom stereocenters. The van der Waals surface area contributed by atoms with E-state index in [9.17, 15) is 0 Å². The Bertz CT molecular complexity index is 2190. The van der Waals surface area contributed by atoms with Gasteiger partial charge in [-0.2, -0.15) is 0 Å². The van der Waals surface area contributed by atoms with E-state index in [0.717, 1.165) is 0 Å². The van der Waals surface area contributed by atoms with Crippen molar-refractivity contribution in [2.75, 3.05) is 0 Å². The minimum atomic E-state index is -0.453. The van der Waals surface area contributed by atoms with Crippen LogP contribution in [-0.4, -0.2) is 0 Å². The quantitative estimate of drug-likeness (QED) is 0.197. The smallest absolute Gasteiger partial charge is 0.0622 e. The highest BCUT2D eigenvalue weighted by Crippen LogP contribution is 2.64. The number of fused-ring (bicyclic) bond motifs is 11. The van der Waals surface area contributed by atoms with Gasteiger partial charge in [0.25, 0.3) is 0 Å². The SMILES string of the molecule is CC1(C)c2ccccc2C2(c3cc(-c4ccccc4)ccc3-c3c2cc(-c2ccccc2)c2ccccc32)c2ccccc21. The molecule has 0 atom stereocenters. The maximum absolute atomic E-state index is 2.53. The topological polar surface area (TPSA) is 0 Å². The van der Waals surface area contributed by atoms with E-state index in [4.69, 9.17) is 0 Å². The number of hydrogen-bond donors (Lipinski definition) is 0. The Balaban J connectivity index is 1.51. The zero-order valence-electron chi connectivity index (χ0n) is 25.0. The fraction of sp³-hybridized carbons (Fsp3) is 0.0909. The Morgan fingerprint density at radius 3 is 1.50 bits per heavy atom. The van der Waals surface area contributed by atoms with Crippen molar-refractivity contribution in [2.24, 2.45) is 0 Å². The van der Waals surface area contributed by atoms with Gasteiger partial charge in [-0.15, -0.1) is 0 Å². The van der Waals surface area contributed by atoms with Crippen LogP contribution >= 0.6 is 0 Å². The van der Waals surface area contributed by atoms with Gasteiger partial charge in [0.15, 0.2) is 0 Å². The van der Waals surface area contributed by atoms with E-state index in [-0.39, 0.29) is 5.41 Å². The molecule has 0 aliphatic heterocycles. The van der Waals surface area contributed by atoms with Crippen molar-refractivity contribution in [2.45, 2.75) is 24.7 Å². The van der Waals surface area contributed by atoms with E-state index < -0.39 is 5.41 Å². The number of rotatable bonds is 2. The molecule has 0 amide bonds. The summed E-state index contributed by atoms with van der Waals surface area (Å²) in [5.74, 6) is 0. The maximum Gasteiger partial charge on any atom is 0.0720 e. The third-order valence-corrected chi connectivity index (χ3v) is 10.3. The first-order chi connectivity index (χ1) is 21.6. The molecule has 0 saturated heterocycles. The minimum Gasteiger partial charge on any atom is -0.0622 e. The van der Waals surface area contributed by atoms with Crippen molar-refractivity contribution < 1.29 is 0 Å². The Hall–Kier alpha value is -5.20. The zero-order valence-corrected chi connectivity index (χ0v) is 25.0. The van der Waals surface area contributed by atoms with Crippen molar-refractivity contribution in [1.29, 1.82) is 0 Å². The molecule has 1 spiro atoms. The average molecular weight is 561 g/mol. The van der Waals surface area contributed by atoms with E-state index in [1.54, 1.807) is 0 Å². The molecule has 0 bridgehead atoms. The molecule has 0 radical (unpaired) electrons. The van der Waals surface area contributed by atoms with Crippen LogP contribution in [0, 0.1) is 0 Å². The fourth-order valence-corrected chi connectivity index (χ4v) is 8.43. The van der Waals surface area contributed by atoms with Gasteiger partial charge in [-0.1, -0.05) is 159 Å². The molecular formula is C44H32. The van der Waals surface area contributed by atoms with E-state index in [2.05, 4.69) is 172 Å². The van der Waals surface area contributed by atoms with E-state index in [1.165, 1.54) is 77.5 Å². The van der Waals surface area contributed by atoms with Gasteiger partial charge < -0.3 is 0 Å². The minimum absolute atomic E-state index is 0.127. The molecule has 7 aromatic rings. The van der Waals surface area contributed by atoms with Gasteiger partial charge in [0.1, 0.15) is 0 Å². The lowest BCUT2D eigenvalue weighted by atomic mass is 9.55. The lowest BCUT2D eigenvalue weighted by molar-refractivity contribution is 0.563. The predicted molar refractivity (Wildman–Crippen MR) is 184 cm³/mol. The van der Waals surface area contributed by atoms with Crippen LogP contribution in [0.2, 0.25) is 0 Å². The van der Waals surface area contributed by atoms with Crippen LogP contribution in [0.1, 0.15) is 47.2 Å². The summed E-state index contributed by atoms with van der Waals surface area (Å²) >= 11 is 0. The summed E-state index contributed by atoms with van der Waals surface area (Å²) in [6.07, 6.45) is 0. The first-order valence-corrected chi connectivity index (χ1v) is 15.6. The molecule has 208 valence electrons. The maximum atomic E-state index is 2.53. The fourth-order valence-electron chi connectivity index (χ4n) is 8.43. The van der Waals surface area contributed by atoms with E-state index in [1.807, 2.05) is 0 Å². The van der Waals surface area contributed by atoms with Crippen LogP contribution in [0.3, 0.4) is 0 Å². The third-order valence-electron chi connectivity index (χ3n) is 10.3. The van der Waals surface area contributed by atoms with E-state index >= 15 is 0 Å². The average Bonchev–Trinajstić information content (AvgIpc) is 3.38. The molecule has 0 heterocycles. The van der Waals surface area contributed by atoms with Crippen LogP contribution in [0.15, 0.2) is 158 Å². The summed E-state index contributed by atoms with van der Waals surface area (Å²) in [7, 11) is 0. The molecule has 0 nitrogen and oxygen atoms in total. The standard InChI is InChI=1S/C44H32/c1-43(2)36-21-11-13-23-38(36)44(39-24-14-12-22-37(39)43)40-27-31(29-15-5-3-6-16-29)25-26-34(40)42-33-20-10-9-19-32(33)35(28-41(42)44)30-17-7-4-8-18-30/h3-28H,1-2H3. The van der Waals surface area contributed by atoms with Crippen molar-refractivity contribution >= 4 is 10.8 Å². The molecule has 0 aromatic heterocycles. The second kappa shape index (κ2) is 9.15. The highest BCUT2D eigenvalue weighted by atomic mass is 14.5. The Morgan fingerprint density at radius 1 is 0.341 bits per heavy atom. The molecular weight excluding hydrogens is 528 g/mol. The van der Waals surface area contributed by atoms with Gasteiger partial charge in [-0.05, 0) is 89.7 Å². The Kier molecular flexibility index (Phi) is 5.26. The molecule has 0 fully saturated rings. The van der Waals surface area contributed by atoms with E-state index in [0.29, 0.717) is 0 Å². The predicted octanol–water partition coefficient (Wildman–Crippen LogP) is 11.2. The monoisotopic (exact) mass is 560 g/mol. The van der Waals surface area contributed by atoms with Gasteiger partial charge in [-0.25, -0.2) is 0 Å². The summed E-state index contributed by atoms with van der Waals surface area (Å²) in [6, 6.07) is 58.9. The van der Waals surface area contributed by atoms with Crippen LogP contribution in [0.4, 0.5) is 0 Å². The molecule has 2 aliphatic rings. The molecule has 9 rings (SSSR count). The van der Waals surface area contributed by atoms with Crippen molar-refractivity contribution in [1.82, 2.24) is 0 Å². The first-order valence-electron chi connectivity index (χ1n) is 15.6. The highest BCUT2D eigenvalue weighted by Gasteiger charge is 2.53. The summed E-state index contributed by atoms with van der Waals surface area (Å²) in [5, 5.41) is 2.61. The van der Waals surface area contributed by atoms with Crippen LogP contribution < -0.4 is 0 Å². The molecule has 2 aliphatic carbocycles. The normalized spacial score (nSPS) is 15.0. The van der Waals surface area contributed by atoms with Gasteiger partial charge >= 0.3 is 0 Å². The lowest BCUT2D eigenvalue weighted by Gasteiger charge is -2.46. The molecule has 0 saturated carbocycles. The summed E-state index contributed by atoms with van der Waals surface area (Å²) in [6.45, 7) is 4.79. The molecule has 0 N–H and O–H groups in total. The second-order valence-corrected chi connectivity index (χ2v) is 12.9. The largest absolute Gasteiger partial charge is 0.0720 e. The van der Waals surface area contributed by atoms with Crippen LogP contribution in [0.5, 0.6) is 0 Å². The third kappa shape index (κ3) is 3.23. The summed E-state index contributed by atoms with van der Waals surface area (Å²) in [4.78, 5) is 0. The second-order valence-electron chi connectivity index (χ2n) is 12.9. The molecule has 0 heteroatoms. The van der Waals surface area contributed by atoms with Crippen molar-refractivity contribution in [3.8, 4) is 33.4 Å². The molecule has 44 heavy (non-hydrogen) atoms. The number of benzene rings is 7. The Labute approximate surface area is 259 Å². The van der Waals surface area contributed by atoms with Crippen molar-refractivity contribution in [3.05, 3.63) is 191 Å². The summed E-state index contributed by atoms with van der Waals surface area (Å²) < 4.78 is 0. The number of hydrogen-bond acceptors (Lipinski definition) is 0. The van der Waals surface area contributed by atoms with Crippen molar-refractivity contribution in [3.63, 3.8) is 0 Å². The van der Waals surface area contributed by atoms with Gasteiger partial charge in [0.2, 0.25) is 0 Å². The van der Waals surface area contributed by atoms with Crippen LogP contribution in [0.25, 0.3) is 44.2 Å². The lowest BCUT2D eigenvalue weighted by Crippen LogP contribution is -2.40. The van der Waals surface area contributed by atoms with Gasteiger partial charge in [-0.3, -0.25) is 0 Å². The van der Waals surface area contributed by atoms with Gasteiger partial charge in [0, 0.05) is 5.41 Å². The zero-order chi connectivity index (χ0) is 29.5. The Morgan fingerprint density at radius 2 is 0.864 bits per heavy atom. The van der Waals surface area contributed by atoms with Gasteiger partial charge in [0.05, 0.1) is 5.41 Å². The highest BCUT2D eigenvalue weighted by molar-refractivity contribution is 6.10. The molecule has 7 aromatic carbocycles. The first kappa shape index (κ1) is 25.3. The summed E-state index contributed by atoms with van der Waals surface area (Å²) in [5.41, 5.74) is 15.5.